The van der Waals surface area contributed by atoms with Crippen LogP contribution in [-0.4, -0.2) is 44.2 Å². The summed E-state index contributed by atoms with van der Waals surface area (Å²) in [6.07, 6.45) is 2.19. The molecule has 0 aromatic carbocycles. The summed E-state index contributed by atoms with van der Waals surface area (Å²) >= 11 is 0. The summed E-state index contributed by atoms with van der Waals surface area (Å²) in [4.78, 5) is 0. The third kappa shape index (κ3) is 6.87. The second-order valence-electron chi connectivity index (χ2n) is 4.33. The van der Waals surface area contributed by atoms with Crippen LogP contribution < -0.4 is 5.32 Å². The van der Waals surface area contributed by atoms with Gasteiger partial charge in [0.05, 0.1) is 12.4 Å². The van der Waals surface area contributed by atoms with Gasteiger partial charge in [0.2, 0.25) is 0 Å². The minimum Gasteiger partial charge on any atom is -0.395 e. The van der Waals surface area contributed by atoms with Crippen molar-refractivity contribution < 1.29 is 13.5 Å². The summed E-state index contributed by atoms with van der Waals surface area (Å²) in [5.74, 6) is 0.455. The van der Waals surface area contributed by atoms with E-state index in [4.69, 9.17) is 5.11 Å². The smallest absolute Gasteiger partial charge is 0.148 e. The van der Waals surface area contributed by atoms with Crippen LogP contribution in [0, 0.1) is 5.92 Å². The standard InChI is InChI=1S/C10H23NO3S/c1-5-8(2)10(6-12)11-9(3)7-15(4,13)14/h8-12H,5-7H2,1-4H3. The Bertz CT molecular complexity index is 264. The Kier molecular flexibility index (Phi) is 6.40. The highest BCUT2D eigenvalue weighted by atomic mass is 32.2. The predicted molar refractivity (Wildman–Crippen MR) is 62.6 cm³/mol. The van der Waals surface area contributed by atoms with Crippen molar-refractivity contribution in [1.82, 2.24) is 5.32 Å². The van der Waals surface area contributed by atoms with Crippen molar-refractivity contribution in [1.29, 1.82) is 0 Å². The quantitative estimate of drug-likeness (QED) is 0.673. The lowest BCUT2D eigenvalue weighted by atomic mass is 9.99. The fourth-order valence-electron chi connectivity index (χ4n) is 1.55. The first kappa shape index (κ1) is 14.9. The zero-order valence-corrected chi connectivity index (χ0v) is 10.8. The first-order chi connectivity index (χ1) is 6.80. The van der Waals surface area contributed by atoms with Crippen LogP contribution in [0.2, 0.25) is 0 Å². The van der Waals surface area contributed by atoms with Crippen LogP contribution in [0.25, 0.3) is 0 Å². The van der Waals surface area contributed by atoms with Crippen LogP contribution in [0.3, 0.4) is 0 Å². The maximum Gasteiger partial charge on any atom is 0.148 e. The highest BCUT2D eigenvalue weighted by molar-refractivity contribution is 7.90. The average molecular weight is 237 g/mol. The molecule has 0 aliphatic carbocycles. The van der Waals surface area contributed by atoms with Gasteiger partial charge >= 0.3 is 0 Å². The Balaban J connectivity index is 4.18. The number of aliphatic hydroxyl groups excluding tert-OH is 1. The van der Waals surface area contributed by atoms with Crippen molar-refractivity contribution in [3.8, 4) is 0 Å². The maximum atomic E-state index is 11.0. The molecule has 2 N–H and O–H groups in total. The molecule has 0 amide bonds. The third-order valence-electron chi connectivity index (χ3n) is 2.58. The second kappa shape index (κ2) is 6.45. The Morgan fingerprint density at radius 2 is 1.87 bits per heavy atom. The van der Waals surface area contributed by atoms with E-state index in [1.165, 1.54) is 6.26 Å². The molecule has 0 aromatic heterocycles. The molecule has 0 spiro atoms. The van der Waals surface area contributed by atoms with Crippen molar-refractivity contribution >= 4 is 9.84 Å². The number of sulfone groups is 1. The second-order valence-corrected chi connectivity index (χ2v) is 6.52. The summed E-state index contributed by atoms with van der Waals surface area (Å²) in [5, 5.41) is 12.3. The molecule has 0 radical (unpaired) electrons. The van der Waals surface area contributed by atoms with Crippen molar-refractivity contribution in [2.75, 3.05) is 18.6 Å². The fourth-order valence-corrected chi connectivity index (χ4v) is 2.55. The van der Waals surface area contributed by atoms with Gasteiger partial charge in [0.15, 0.2) is 0 Å². The molecule has 5 heteroatoms. The molecule has 0 saturated carbocycles. The van der Waals surface area contributed by atoms with E-state index in [1.54, 1.807) is 0 Å². The summed E-state index contributed by atoms with van der Waals surface area (Å²) in [6.45, 7) is 5.96. The van der Waals surface area contributed by atoms with E-state index in [0.717, 1.165) is 6.42 Å². The van der Waals surface area contributed by atoms with Gasteiger partial charge in [-0.05, 0) is 12.8 Å². The van der Waals surface area contributed by atoms with Crippen molar-refractivity contribution in [3.63, 3.8) is 0 Å². The van der Waals surface area contributed by atoms with Crippen LogP contribution in [0.1, 0.15) is 27.2 Å². The molecular formula is C10H23NO3S. The fraction of sp³-hybridized carbons (Fsp3) is 1.00. The molecule has 92 valence electrons. The van der Waals surface area contributed by atoms with E-state index < -0.39 is 9.84 Å². The molecule has 3 atom stereocenters. The van der Waals surface area contributed by atoms with E-state index in [-0.39, 0.29) is 24.4 Å². The van der Waals surface area contributed by atoms with E-state index >= 15 is 0 Å². The number of hydrogen-bond acceptors (Lipinski definition) is 4. The summed E-state index contributed by atoms with van der Waals surface area (Å²) < 4.78 is 22.1. The van der Waals surface area contributed by atoms with E-state index in [9.17, 15) is 8.42 Å². The molecule has 0 heterocycles. The van der Waals surface area contributed by atoms with Gasteiger partial charge in [0.1, 0.15) is 9.84 Å². The van der Waals surface area contributed by atoms with Gasteiger partial charge in [-0.3, -0.25) is 0 Å². The molecule has 15 heavy (non-hydrogen) atoms. The van der Waals surface area contributed by atoms with Gasteiger partial charge in [-0.25, -0.2) is 8.42 Å². The first-order valence-corrected chi connectivity index (χ1v) is 7.40. The molecule has 4 nitrogen and oxygen atoms in total. The van der Waals surface area contributed by atoms with Crippen LogP contribution >= 0.6 is 0 Å². The summed E-state index contributed by atoms with van der Waals surface area (Å²) in [7, 11) is -2.95. The summed E-state index contributed by atoms with van der Waals surface area (Å²) in [5.41, 5.74) is 0. The normalized spacial score (nSPS) is 18.5. The Labute approximate surface area is 93.0 Å². The van der Waals surface area contributed by atoms with E-state index in [2.05, 4.69) is 12.2 Å². The van der Waals surface area contributed by atoms with Gasteiger partial charge in [-0.15, -0.1) is 0 Å². The molecule has 0 aliphatic rings. The van der Waals surface area contributed by atoms with Crippen molar-refractivity contribution in [2.45, 2.75) is 39.3 Å². The Morgan fingerprint density at radius 1 is 1.33 bits per heavy atom. The lowest BCUT2D eigenvalue weighted by Crippen LogP contribution is -2.45. The zero-order valence-electron chi connectivity index (χ0n) is 10.0. The molecule has 0 aliphatic heterocycles. The molecule has 3 unspecified atom stereocenters. The Morgan fingerprint density at radius 3 is 2.20 bits per heavy atom. The van der Waals surface area contributed by atoms with Gasteiger partial charge in [-0.1, -0.05) is 20.3 Å². The van der Waals surface area contributed by atoms with Gasteiger partial charge in [0, 0.05) is 18.3 Å². The van der Waals surface area contributed by atoms with Crippen LogP contribution in [-0.2, 0) is 9.84 Å². The monoisotopic (exact) mass is 237 g/mol. The molecule has 0 aromatic rings. The molecule has 0 rings (SSSR count). The van der Waals surface area contributed by atoms with Gasteiger partial charge in [0.25, 0.3) is 0 Å². The topological polar surface area (TPSA) is 66.4 Å². The van der Waals surface area contributed by atoms with Gasteiger partial charge in [-0.2, -0.15) is 0 Å². The van der Waals surface area contributed by atoms with Crippen LogP contribution in [0.5, 0.6) is 0 Å². The highest BCUT2D eigenvalue weighted by Crippen LogP contribution is 2.08. The lowest BCUT2D eigenvalue weighted by molar-refractivity contribution is 0.195. The predicted octanol–water partition coefficient (Wildman–Crippen LogP) is 0.416. The van der Waals surface area contributed by atoms with E-state index in [0.29, 0.717) is 5.92 Å². The average Bonchev–Trinajstić information content (AvgIpc) is 2.10. The Hall–Kier alpha value is -0.130. The molecular weight excluding hydrogens is 214 g/mol. The van der Waals surface area contributed by atoms with Crippen molar-refractivity contribution in [3.05, 3.63) is 0 Å². The molecule has 0 saturated heterocycles. The molecule has 0 fully saturated rings. The lowest BCUT2D eigenvalue weighted by Gasteiger charge is -2.25. The van der Waals surface area contributed by atoms with Crippen LogP contribution in [0.4, 0.5) is 0 Å². The number of aliphatic hydroxyl groups is 1. The third-order valence-corrected chi connectivity index (χ3v) is 3.68. The SMILES string of the molecule is CCC(C)C(CO)NC(C)CS(C)(=O)=O. The first-order valence-electron chi connectivity index (χ1n) is 5.34. The molecule has 0 bridgehead atoms. The van der Waals surface area contributed by atoms with Crippen LogP contribution in [0.15, 0.2) is 0 Å². The van der Waals surface area contributed by atoms with Gasteiger partial charge < -0.3 is 10.4 Å². The number of rotatable bonds is 7. The minimum atomic E-state index is -2.95. The zero-order chi connectivity index (χ0) is 12.1. The maximum absolute atomic E-state index is 11.0. The van der Waals surface area contributed by atoms with E-state index in [1.807, 2.05) is 13.8 Å². The summed E-state index contributed by atoms with van der Waals surface area (Å²) in [6, 6.07) is -0.141. The van der Waals surface area contributed by atoms with Crippen molar-refractivity contribution in [2.24, 2.45) is 5.92 Å². The largest absolute Gasteiger partial charge is 0.395 e. The minimum absolute atomic E-state index is 0.0215. The highest BCUT2D eigenvalue weighted by Gasteiger charge is 2.18. The number of nitrogens with one attached hydrogen (secondary N) is 1. The number of hydrogen-bond donors (Lipinski definition) is 2.